The van der Waals surface area contributed by atoms with Crippen molar-refractivity contribution in [3.8, 4) is 18.6 Å². The highest BCUT2D eigenvalue weighted by Gasteiger charge is 2.22. The second-order valence-corrected chi connectivity index (χ2v) is 8.65. The molecule has 178 valence electrons. The van der Waals surface area contributed by atoms with E-state index in [1.165, 1.54) is 18.4 Å². The highest BCUT2D eigenvalue weighted by atomic mass is 16.5. The van der Waals surface area contributed by atoms with E-state index < -0.39 is 0 Å². The molecule has 1 fully saturated rings. The summed E-state index contributed by atoms with van der Waals surface area (Å²) in [5.74, 6) is 3.15. The molecule has 0 spiro atoms. The van der Waals surface area contributed by atoms with Crippen LogP contribution in [0.25, 0.3) is 11.2 Å². The van der Waals surface area contributed by atoms with Crippen molar-refractivity contribution in [2.24, 2.45) is 5.92 Å². The van der Waals surface area contributed by atoms with Crippen LogP contribution in [0.5, 0.6) is 5.75 Å². The summed E-state index contributed by atoms with van der Waals surface area (Å²) in [5.41, 5.74) is 3.79. The second-order valence-electron chi connectivity index (χ2n) is 8.65. The Morgan fingerprint density at radius 3 is 2.94 bits per heavy atom. The molecule has 5 rings (SSSR count). The van der Waals surface area contributed by atoms with Crippen LogP contribution in [-0.4, -0.2) is 59.7 Å². The van der Waals surface area contributed by atoms with Gasteiger partial charge in [-0.1, -0.05) is 24.3 Å². The first-order valence-electron chi connectivity index (χ1n) is 11.7. The Morgan fingerprint density at radius 2 is 2.12 bits per heavy atom. The molecule has 0 radical (unpaired) electrons. The Morgan fingerprint density at radius 1 is 1.29 bits per heavy atom. The van der Waals surface area contributed by atoms with Gasteiger partial charge in [0, 0.05) is 13.5 Å². The lowest BCUT2D eigenvalue weighted by atomic mass is 9.99. The van der Waals surface area contributed by atoms with Gasteiger partial charge < -0.3 is 19.7 Å². The molecular weight excluding hydrogens is 428 g/mol. The third-order valence-corrected chi connectivity index (χ3v) is 6.29. The number of rotatable bonds is 5. The lowest BCUT2D eigenvalue weighted by Gasteiger charge is -2.26. The number of likely N-dealkylation sites (N-methyl/N-ethyl adjacent to an activating group) is 1. The van der Waals surface area contributed by atoms with E-state index in [0.717, 1.165) is 55.4 Å². The Bertz CT molecular complexity index is 1150. The number of fused-ring (bicyclic) bond motifs is 3. The van der Waals surface area contributed by atoms with Gasteiger partial charge in [-0.05, 0) is 56.0 Å². The van der Waals surface area contributed by atoms with Gasteiger partial charge >= 0.3 is 0 Å². The predicted molar refractivity (Wildman–Crippen MR) is 135 cm³/mol. The fourth-order valence-corrected chi connectivity index (χ4v) is 4.27. The summed E-state index contributed by atoms with van der Waals surface area (Å²) in [4.78, 5) is 2.13. The third-order valence-electron chi connectivity index (χ3n) is 6.29. The van der Waals surface area contributed by atoms with E-state index in [0.29, 0.717) is 24.0 Å². The van der Waals surface area contributed by atoms with E-state index in [-0.39, 0.29) is 0 Å². The molecule has 4 heterocycles. The van der Waals surface area contributed by atoms with Crippen LogP contribution in [0.1, 0.15) is 32.0 Å². The van der Waals surface area contributed by atoms with E-state index in [4.69, 9.17) is 9.47 Å². The van der Waals surface area contributed by atoms with Gasteiger partial charge in [-0.2, -0.15) is 9.61 Å². The fourth-order valence-electron chi connectivity index (χ4n) is 4.27. The highest BCUT2D eigenvalue weighted by Crippen LogP contribution is 2.33. The van der Waals surface area contributed by atoms with Crippen molar-refractivity contribution in [1.82, 2.24) is 25.1 Å². The van der Waals surface area contributed by atoms with Crippen LogP contribution in [0.15, 0.2) is 47.9 Å². The molecule has 0 amide bonds. The van der Waals surface area contributed by atoms with Crippen LogP contribution in [0.2, 0.25) is 0 Å². The van der Waals surface area contributed by atoms with Crippen LogP contribution < -0.4 is 15.0 Å². The van der Waals surface area contributed by atoms with E-state index in [1.54, 1.807) is 4.52 Å². The molecule has 0 unspecified atom stereocenters. The van der Waals surface area contributed by atoms with Crippen LogP contribution in [0, 0.1) is 18.8 Å². The van der Waals surface area contributed by atoms with Crippen LogP contribution in [0.4, 0.5) is 5.69 Å². The van der Waals surface area contributed by atoms with Gasteiger partial charge in [0.1, 0.15) is 18.1 Å². The fraction of sp³-hybridized carbons (Fsp3) is 0.423. The number of nitrogens with zero attached hydrogens (tertiary/aromatic N) is 5. The summed E-state index contributed by atoms with van der Waals surface area (Å²) < 4.78 is 13.7. The highest BCUT2D eigenvalue weighted by molar-refractivity contribution is 5.72. The van der Waals surface area contributed by atoms with Gasteiger partial charge in [-0.15, -0.1) is 23.0 Å². The maximum absolute atomic E-state index is 6.12. The van der Waals surface area contributed by atoms with Crippen LogP contribution >= 0.6 is 0 Å². The summed E-state index contributed by atoms with van der Waals surface area (Å²) in [6.07, 6.45) is 23.5. The van der Waals surface area contributed by atoms with E-state index in [2.05, 4.69) is 68.7 Å². The number of allylic oxidation sites excluding steroid dienone is 7. The lowest BCUT2D eigenvalue weighted by Crippen LogP contribution is -2.29. The van der Waals surface area contributed by atoms with Gasteiger partial charge in [0.05, 0.1) is 19.3 Å². The zero-order chi connectivity index (χ0) is 23.9. The first-order chi connectivity index (χ1) is 16.7. The average molecular weight is 461 g/mol. The zero-order valence-electron chi connectivity index (χ0n) is 19.9. The molecule has 2 aromatic rings. The summed E-state index contributed by atoms with van der Waals surface area (Å²) in [6, 6.07) is 0. The number of piperidine rings is 1. The third kappa shape index (κ3) is 5.15. The molecule has 0 atom stereocenters. The van der Waals surface area contributed by atoms with Crippen molar-refractivity contribution in [2.45, 2.75) is 26.2 Å². The molecule has 8 heteroatoms. The van der Waals surface area contributed by atoms with E-state index >= 15 is 0 Å². The second kappa shape index (κ2) is 11.0. The molecule has 0 bridgehead atoms. The summed E-state index contributed by atoms with van der Waals surface area (Å²) >= 11 is 0. The number of hydrogen-bond donors (Lipinski definition) is 1. The summed E-state index contributed by atoms with van der Waals surface area (Å²) in [7, 11) is 2.03. The van der Waals surface area contributed by atoms with Crippen molar-refractivity contribution < 1.29 is 9.47 Å². The van der Waals surface area contributed by atoms with Crippen molar-refractivity contribution in [2.75, 3.05) is 44.8 Å². The molecule has 0 aromatic carbocycles. The molecule has 1 N–H and O–H groups in total. The minimum atomic E-state index is 0.633. The minimum absolute atomic E-state index is 0.633. The minimum Gasteiger partial charge on any atom is -0.497 e. The number of hydrogen-bond acceptors (Lipinski definition) is 7. The SMILES string of the molecule is C#C.C/C(=C\C=C1\C=CC=C(OCC2CCNCC2)C1)c1nnc2c3c(cnn12)N(C)CCO3. The van der Waals surface area contributed by atoms with Crippen molar-refractivity contribution in [1.29, 1.82) is 0 Å². The van der Waals surface area contributed by atoms with E-state index in [1.807, 2.05) is 20.2 Å². The monoisotopic (exact) mass is 460 g/mol. The van der Waals surface area contributed by atoms with Gasteiger partial charge in [0.15, 0.2) is 11.6 Å². The summed E-state index contributed by atoms with van der Waals surface area (Å²) in [5, 5.41) is 16.7. The molecule has 2 aliphatic heterocycles. The molecule has 3 aliphatic rings. The number of ether oxygens (including phenoxy) is 2. The molecule has 2 aromatic heterocycles. The quantitative estimate of drug-likeness (QED) is 0.686. The molecule has 0 saturated carbocycles. The van der Waals surface area contributed by atoms with Crippen molar-refractivity contribution in [3.05, 3.63) is 53.7 Å². The van der Waals surface area contributed by atoms with Crippen LogP contribution in [0.3, 0.4) is 0 Å². The Labute approximate surface area is 201 Å². The Hall–Kier alpha value is -3.57. The first-order valence-corrected chi connectivity index (χ1v) is 11.7. The van der Waals surface area contributed by atoms with Gasteiger partial charge in [0.25, 0.3) is 0 Å². The number of terminal acetylenes is 1. The molecule has 8 nitrogen and oxygen atoms in total. The van der Waals surface area contributed by atoms with Crippen molar-refractivity contribution >= 4 is 16.9 Å². The van der Waals surface area contributed by atoms with Gasteiger partial charge in [0.2, 0.25) is 5.65 Å². The largest absolute Gasteiger partial charge is 0.497 e. The topological polar surface area (TPSA) is 76.8 Å². The number of aromatic nitrogens is 4. The standard InChI is InChI=1S/C24H30N6O2.C2H2/c1-17(23-27-28-24-22-21(15-26-30(23)24)29(2)12-13-31-22)6-7-18-4-3-5-20(14-18)32-16-19-8-10-25-11-9-19;1-2/h3-7,15,19,25H,8-14,16H2,1-2H3;1-2H/b17-6+,18-7-;. The first kappa shape index (κ1) is 23.6. The normalized spacial score (nSPS) is 19.8. The maximum atomic E-state index is 6.12. The van der Waals surface area contributed by atoms with Crippen LogP contribution in [-0.2, 0) is 4.74 Å². The smallest absolute Gasteiger partial charge is 0.222 e. The molecular formula is C26H32N6O2. The average Bonchev–Trinajstić information content (AvgIpc) is 3.33. The Kier molecular flexibility index (Phi) is 7.65. The van der Waals surface area contributed by atoms with Crippen molar-refractivity contribution in [3.63, 3.8) is 0 Å². The Balaban J connectivity index is 0.00000133. The molecule has 1 saturated heterocycles. The number of anilines is 1. The zero-order valence-corrected chi connectivity index (χ0v) is 19.9. The number of nitrogens with one attached hydrogen (secondary N) is 1. The van der Waals surface area contributed by atoms with Gasteiger partial charge in [-0.3, -0.25) is 0 Å². The lowest BCUT2D eigenvalue weighted by molar-refractivity contribution is 0.142. The maximum Gasteiger partial charge on any atom is 0.222 e. The molecule has 1 aliphatic carbocycles. The van der Waals surface area contributed by atoms with Gasteiger partial charge in [-0.25, -0.2) is 0 Å². The molecule has 34 heavy (non-hydrogen) atoms. The predicted octanol–water partition coefficient (Wildman–Crippen LogP) is 3.39. The van der Waals surface area contributed by atoms with E-state index in [9.17, 15) is 0 Å². The summed E-state index contributed by atoms with van der Waals surface area (Å²) in [6.45, 7) is 6.50.